The highest BCUT2D eigenvalue weighted by Gasteiger charge is 2.20. The fourth-order valence-electron chi connectivity index (χ4n) is 2.61. The average molecular weight is 299 g/mol. The second kappa shape index (κ2) is 8.87. The summed E-state index contributed by atoms with van der Waals surface area (Å²) < 4.78 is 0. The van der Waals surface area contributed by atoms with Gasteiger partial charge in [0.05, 0.1) is 5.92 Å². The van der Waals surface area contributed by atoms with Gasteiger partial charge in [0.1, 0.15) is 0 Å². The number of carboxylic acid groups (broad SMARTS) is 1. The van der Waals surface area contributed by atoms with Crippen molar-refractivity contribution in [3.05, 3.63) is 0 Å². The Balaban J connectivity index is 2.26. The van der Waals surface area contributed by atoms with Gasteiger partial charge in [-0.15, -0.1) is 0 Å². The topological polar surface area (TPSA) is 72.9 Å². The van der Waals surface area contributed by atoms with E-state index in [1.165, 1.54) is 12.8 Å². The van der Waals surface area contributed by atoms with Gasteiger partial charge < -0.3 is 20.2 Å². The first kappa shape index (κ1) is 17.8. The number of carbonyl (C=O) groups excluding carboxylic acids is 1. The second-order valence-corrected chi connectivity index (χ2v) is 6.05. The summed E-state index contributed by atoms with van der Waals surface area (Å²) in [7, 11) is 2.14. The van der Waals surface area contributed by atoms with Crippen molar-refractivity contribution in [2.24, 2.45) is 11.8 Å². The summed E-state index contributed by atoms with van der Waals surface area (Å²) in [6.45, 7) is 7.21. The lowest BCUT2D eigenvalue weighted by atomic mass is 9.94. The predicted octanol–water partition coefficient (Wildman–Crippen LogP) is 1.47. The minimum Gasteiger partial charge on any atom is -0.481 e. The third-order valence-corrected chi connectivity index (χ3v) is 4.25. The van der Waals surface area contributed by atoms with Crippen LogP contribution < -0.4 is 5.32 Å². The van der Waals surface area contributed by atoms with Crippen LogP contribution in [0.3, 0.4) is 0 Å². The van der Waals surface area contributed by atoms with Crippen molar-refractivity contribution in [3.63, 3.8) is 0 Å². The number of amides is 2. The molecule has 0 bridgehead atoms. The Labute approximate surface area is 127 Å². The van der Waals surface area contributed by atoms with E-state index in [-0.39, 0.29) is 12.6 Å². The molecule has 0 radical (unpaired) electrons. The Morgan fingerprint density at radius 3 is 2.52 bits per heavy atom. The van der Waals surface area contributed by atoms with E-state index in [1.54, 1.807) is 11.8 Å². The largest absolute Gasteiger partial charge is 0.481 e. The predicted molar refractivity (Wildman–Crippen MR) is 82.3 cm³/mol. The van der Waals surface area contributed by atoms with Crippen LogP contribution in [0.1, 0.15) is 33.1 Å². The van der Waals surface area contributed by atoms with Crippen molar-refractivity contribution in [1.29, 1.82) is 0 Å². The maximum Gasteiger partial charge on any atom is 0.317 e. The molecule has 2 N–H and O–H groups in total. The van der Waals surface area contributed by atoms with Crippen LogP contribution in [0.25, 0.3) is 0 Å². The van der Waals surface area contributed by atoms with Crippen molar-refractivity contribution in [2.45, 2.75) is 33.1 Å². The summed E-state index contributed by atoms with van der Waals surface area (Å²) in [5.41, 5.74) is 0. The monoisotopic (exact) mass is 299 g/mol. The third kappa shape index (κ3) is 6.33. The summed E-state index contributed by atoms with van der Waals surface area (Å²) in [6.07, 6.45) is 3.39. The first-order valence-electron chi connectivity index (χ1n) is 7.88. The van der Waals surface area contributed by atoms with Gasteiger partial charge in [0.25, 0.3) is 0 Å². The Morgan fingerprint density at radius 2 is 2.00 bits per heavy atom. The molecule has 0 aromatic heterocycles. The third-order valence-electron chi connectivity index (χ3n) is 4.25. The highest BCUT2D eigenvalue weighted by atomic mass is 16.4. The number of nitrogens with one attached hydrogen (secondary N) is 1. The van der Waals surface area contributed by atoms with E-state index in [0.717, 1.165) is 19.5 Å². The molecule has 6 heteroatoms. The summed E-state index contributed by atoms with van der Waals surface area (Å²) in [4.78, 5) is 26.8. The molecule has 0 aliphatic carbocycles. The Kier molecular flexibility index (Phi) is 7.50. The highest BCUT2D eigenvalue weighted by molar-refractivity contribution is 5.75. The number of piperidine rings is 1. The van der Waals surface area contributed by atoms with Crippen LogP contribution in [-0.4, -0.2) is 66.7 Å². The molecule has 1 heterocycles. The van der Waals surface area contributed by atoms with Crippen LogP contribution in [0, 0.1) is 11.8 Å². The zero-order valence-corrected chi connectivity index (χ0v) is 13.5. The lowest BCUT2D eigenvalue weighted by molar-refractivity contribution is -0.141. The number of likely N-dealkylation sites (tertiary alicyclic amines) is 1. The van der Waals surface area contributed by atoms with Gasteiger partial charge in [0.15, 0.2) is 0 Å². The van der Waals surface area contributed by atoms with E-state index in [1.807, 2.05) is 6.92 Å². The van der Waals surface area contributed by atoms with Gasteiger partial charge in [-0.25, -0.2) is 4.79 Å². The van der Waals surface area contributed by atoms with E-state index in [9.17, 15) is 9.59 Å². The molecule has 1 aliphatic heterocycles. The van der Waals surface area contributed by atoms with E-state index < -0.39 is 11.9 Å². The quantitative estimate of drug-likeness (QED) is 0.746. The molecule has 1 aliphatic rings. The molecule has 1 rings (SSSR count). The second-order valence-electron chi connectivity index (χ2n) is 6.05. The number of hydrogen-bond acceptors (Lipinski definition) is 3. The molecule has 122 valence electrons. The molecule has 0 aromatic carbocycles. The Morgan fingerprint density at radius 1 is 1.38 bits per heavy atom. The lowest BCUT2D eigenvalue weighted by Crippen LogP contribution is -2.44. The van der Waals surface area contributed by atoms with Gasteiger partial charge in [-0.3, -0.25) is 4.79 Å². The van der Waals surface area contributed by atoms with Crippen LogP contribution in [0.5, 0.6) is 0 Å². The number of carboxylic acids is 1. The van der Waals surface area contributed by atoms with Gasteiger partial charge in [-0.05, 0) is 52.2 Å². The van der Waals surface area contributed by atoms with E-state index in [4.69, 9.17) is 5.11 Å². The van der Waals surface area contributed by atoms with Crippen molar-refractivity contribution in [1.82, 2.24) is 15.1 Å². The summed E-state index contributed by atoms with van der Waals surface area (Å²) in [6, 6.07) is -0.154. The zero-order valence-electron chi connectivity index (χ0n) is 13.5. The first-order valence-corrected chi connectivity index (χ1v) is 7.88. The van der Waals surface area contributed by atoms with Crippen molar-refractivity contribution in [3.8, 4) is 0 Å². The van der Waals surface area contributed by atoms with Gasteiger partial charge >= 0.3 is 12.0 Å². The highest BCUT2D eigenvalue weighted by Crippen LogP contribution is 2.18. The molecule has 1 saturated heterocycles. The Bertz CT molecular complexity index is 341. The van der Waals surface area contributed by atoms with E-state index in [0.29, 0.717) is 19.0 Å². The molecule has 0 spiro atoms. The lowest BCUT2D eigenvalue weighted by Gasteiger charge is -2.29. The molecule has 0 aromatic rings. The number of urea groups is 1. The van der Waals surface area contributed by atoms with E-state index >= 15 is 0 Å². The number of nitrogens with zero attached hydrogens (tertiary/aromatic N) is 2. The maximum atomic E-state index is 12.0. The fraction of sp³-hybridized carbons (Fsp3) is 0.867. The van der Waals surface area contributed by atoms with Crippen LogP contribution in [0.15, 0.2) is 0 Å². The van der Waals surface area contributed by atoms with E-state index in [2.05, 4.69) is 17.3 Å². The minimum atomic E-state index is -0.868. The van der Waals surface area contributed by atoms with Crippen LogP contribution in [0.4, 0.5) is 4.79 Å². The zero-order chi connectivity index (χ0) is 15.8. The number of carbonyl (C=O) groups is 2. The molecule has 1 unspecified atom stereocenters. The molecule has 1 fully saturated rings. The standard InChI is InChI=1S/C15H29N3O3/c1-4-18(11-12(2)14(19)20)15(21)16-8-5-13-6-9-17(3)10-7-13/h12-13H,4-11H2,1-3H3,(H,16,21)(H,19,20). The fourth-order valence-corrected chi connectivity index (χ4v) is 2.61. The van der Waals surface area contributed by atoms with Gasteiger partial charge in [-0.1, -0.05) is 6.92 Å². The number of hydrogen-bond donors (Lipinski definition) is 2. The van der Waals surface area contributed by atoms with Crippen molar-refractivity contribution in [2.75, 3.05) is 39.8 Å². The normalized spacial score (nSPS) is 18.2. The molecular formula is C15H29N3O3. The molecule has 0 saturated carbocycles. The summed E-state index contributed by atoms with van der Waals surface area (Å²) in [5, 5.41) is 11.8. The molecule has 2 amide bonds. The number of aliphatic carboxylic acids is 1. The molecular weight excluding hydrogens is 270 g/mol. The van der Waals surface area contributed by atoms with Crippen LogP contribution in [-0.2, 0) is 4.79 Å². The minimum absolute atomic E-state index is 0.154. The van der Waals surface area contributed by atoms with Gasteiger partial charge in [0.2, 0.25) is 0 Å². The van der Waals surface area contributed by atoms with Crippen molar-refractivity contribution >= 4 is 12.0 Å². The summed E-state index contributed by atoms with van der Waals surface area (Å²) in [5.74, 6) is -0.716. The van der Waals surface area contributed by atoms with Crippen LogP contribution >= 0.6 is 0 Å². The maximum absolute atomic E-state index is 12.0. The van der Waals surface area contributed by atoms with Crippen molar-refractivity contribution < 1.29 is 14.7 Å². The summed E-state index contributed by atoms with van der Waals surface area (Å²) >= 11 is 0. The smallest absolute Gasteiger partial charge is 0.317 e. The van der Waals surface area contributed by atoms with Gasteiger partial charge in [-0.2, -0.15) is 0 Å². The average Bonchev–Trinajstić information content (AvgIpc) is 2.46. The molecule has 1 atom stereocenters. The van der Waals surface area contributed by atoms with Gasteiger partial charge in [0, 0.05) is 19.6 Å². The molecule has 21 heavy (non-hydrogen) atoms. The molecule has 6 nitrogen and oxygen atoms in total. The SMILES string of the molecule is CCN(CC(C)C(=O)O)C(=O)NCCC1CCN(C)CC1. The first-order chi connectivity index (χ1) is 9.93. The van der Waals surface area contributed by atoms with Crippen LogP contribution in [0.2, 0.25) is 0 Å². The Hall–Kier alpha value is -1.30. The number of rotatable bonds is 7.